The Morgan fingerprint density at radius 3 is 2.76 bits per heavy atom. The molecule has 1 aromatic carbocycles. The Balaban J connectivity index is 1.82. The van der Waals surface area contributed by atoms with Gasteiger partial charge in [0.2, 0.25) is 0 Å². The predicted molar refractivity (Wildman–Crippen MR) is 84.2 cm³/mol. The number of nitro groups is 1. The monoisotopic (exact) mass is 312 g/mol. The van der Waals surface area contributed by atoms with Crippen LogP contribution in [0.15, 0.2) is 12.1 Å². The number of nitrogens with zero attached hydrogens (tertiary/aromatic N) is 1. The van der Waals surface area contributed by atoms with Gasteiger partial charge in [0.1, 0.15) is 5.02 Å². The first-order chi connectivity index (χ1) is 10.1. The molecule has 1 aromatic rings. The number of ether oxygens (including phenoxy) is 1. The molecule has 116 valence electrons. The van der Waals surface area contributed by atoms with Crippen LogP contribution in [-0.4, -0.2) is 24.2 Å². The molecule has 0 atom stereocenters. The number of nitro benzene ring substituents is 1. The molecule has 1 N–H and O–H groups in total. The van der Waals surface area contributed by atoms with Crippen molar-refractivity contribution in [1.29, 1.82) is 0 Å². The molecule has 0 aromatic heterocycles. The Labute approximate surface area is 129 Å². The summed E-state index contributed by atoms with van der Waals surface area (Å²) in [5, 5.41) is 14.2. The number of nitrogens with one attached hydrogen (secondary N) is 1. The van der Waals surface area contributed by atoms with Crippen molar-refractivity contribution < 1.29 is 9.66 Å². The molecular formula is C15H21ClN2O3. The zero-order valence-corrected chi connectivity index (χ0v) is 13.0. The third kappa shape index (κ3) is 4.58. The summed E-state index contributed by atoms with van der Waals surface area (Å²) in [6.45, 7) is 3.14. The molecule has 0 spiro atoms. The second-order valence-corrected chi connectivity index (χ2v) is 5.84. The highest BCUT2D eigenvalue weighted by molar-refractivity contribution is 6.33. The topological polar surface area (TPSA) is 64.4 Å². The average Bonchev–Trinajstić information content (AvgIpc) is 2.47. The third-order valence-corrected chi connectivity index (χ3v) is 4.12. The van der Waals surface area contributed by atoms with Crippen molar-refractivity contribution in [3.05, 3.63) is 32.8 Å². The van der Waals surface area contributed by atoms with Gasteiger partial charge >= 0.3 is 0 Å². The fraction of sp³-hybridized carbons (Fsp3) is 0.600. The zero-order valence-electron chi connectivity index (χ0n) is 12.2. The molecule has 0 heterocycles. The van der Waals surface area contributed by atoms with Crippen LogP contribution in [-0.2, 0) is 4.74 Å². The highest BCUT2D eigenvalue weighted by atomic mass is 35.5. The molecule has 0 saturated heterocycles. The summed E-state index contributed by atoms with van der Waals surface area (Å²) < 4.78 is 5.83. The molecule has 0 bridgehead atoms. The van der Waals surface area contributed by atoms with Crippen LogP contribution in [0, 0.1) is 17.0 Å². The molecule has 0 radical (unpaired) electrons. The molecule has 2 rings (SSSR count). The van der Waals surface area contributed by atoms with E-state index in [0.29, 0.717) is 19.3 Å². The van der Waals surface area contributed by atoms with Gasteiger partial charge in [-0.15, -0.1) is 0 Å². The van der Waals surface area contributed by atoms with E-state index in [2.05, 4.69) is 5.32 Å². The number of hydrogen-bond acceptors (Lipinski definition) is 4. The number of halogens is 1. The van der Waals surface area contributed by atoms with Crippen LogP contribution in [0.4, 0.5) is 11.4 Å². The van der Waals surface area contributed by atoms with Gasteiger partial charge in [-0.1, -0.05) is 30.9 Å². The molecule has 0 amide bonds. The Bertz CT molecular complexity index is 502. The second kappa shape index (κ2) is 7.61. The van der Waals surface area contributed by atoms with Gasteiger partial charge in [-0.3, -0.25) is 10.1 Å². The average molecular weight is 313 g/mol. The van der Waals surface area contributed by atoms with Gasteiger partial charge in [-0.2, -0.15) is 0 Å². The van der Waals surface area contributed by atoms with E-state index in [0.717, 1.165) is 24.1 Å². The summed E-state index contributed by atoms with van der Waals surface area (Å²) in [6, 6.07) is 3.10. The Morgan fingerprint density at radius 2 is 2.10 bits per heavy atom. The van der Waals surface area contributed by atoms with Crippen molar-refractivity contribution in [2.45, 2.75) is 45.1 Å². The van der Waals surface area contributed by atoms with Crippen LogP contribution in [0.1, 0.15) is 37.7 Å². The molecule has 1 aliphatic rings. The lowest BCUT2D eigenvalue weighted by Crippen LogP contribution is -2.20. The van der Waals surface area contributed by atoms with E-state index in [1.807, 2.05) is 6.92 Å². The molecule has 21 heavy (non-hydrogen) atoms. The van der Waals surface area contributed by atoms with Crippen molar-refractivity contribution in [3.8, 4) is 0 Å². The largest absolute Gasteiger partial charge is 0.382 e. The van der Waals surface area contributed by atoms with E-state index in [1.165, 1.54) is 25.3 Å². The van der Waals surface area contributed by atoms with Crippen LogP contribution in [0.3, 0.4) is 0 Å². The Kier molecular flexibility index (Phi) is 5.82. The number of aryl methyl sites for hydroxylation is 1. The quantitative estimate of drug-likeness (QED) is 0.483. The van der Waals surface area contributed by atoms with Gasteiger partial charge in [-0.05, 0) is 31.4 Å². The third-order valence-electron chi connectivity index (χ3n) is 3.81. The molecule has 1 saturated carbocycles. The van der Waals surface area contributed by atoms with Crippen LogP contribution in [0.2, 0.25) is 5.02 Å². The Morgan fingerprint density at radius 1 is 1.38 bits per heavy atom. The van der Waals surface area contributed by atoms with Gasteiger partial charge in [0.25, 0.3) is 5.69 Å². The van der Waals surface area contributed by atoms with Crippen LogP contribution in [0.25, 0.3) is 0 Å². The smallest absolute Gasteiger partial charge is 0.288 e. The summed E-state index contributed by atoms with van der Waals surface area (Å²) >= 11 is 5.92. The van der Waals surface area contributed by atoms with Gasteiger partial charge in [0, 0.05) is 18.3 Å². The Hall–Kier alpha value is -1.33. The highest BCUT2D eigenvalue weighted by Crippen LogP contribution is 2.30. The second-order valence-electron chi connectivity index (χ2n) is 5.43. The molecule has 1 fully saturated rings. The standard InChI is InChI=1S/C15H21ClN2O3/c1-11-9-15(18(19)20)13(16)10-14(11)17-7-8-21-12-5-3-2-4-6-12/h9-10,12,17H,2-8H2,1H3. The van der Waals surface area contributed by atoms with Crippen LogP contribution < -0.4 is 5.32 Å². The summed E-state index contributed by atoms with van der Waals surface area (Å²) in [6.07, 6.45) is 6.54. The van der Waals surface area contributed by atoms with E-state index in [1.54, 1.807) is 6.07 Å². The van der Waals surface area contributed by atoms with Gasteiger partial charge in [-0.25, -0.2) is 0 Å². The van der Waals surface area contributed by atoms with Crippen LogP contribution >= 0.6 is 11.6 Å². The first kappa shape index (κ1) is 16.0. The van der Waals surface area contributed by atoms with Crippen molar-refractivity contribution in [3.63, 3.8) is 0 Å². The lowest BCUT2D eigenvalue weighted by molar-refractivity contribution is -0.384. The number of hydrogen-bond donors (Lipinski definition) is 1. The fourth-order valence-corrected chi connectivity index (χ4v) is 2.87. The lowest BCUT2D eigenvalue weighted by Gasteiger charge is -2.22. The molecule has 6 heteroatoms. The summed E-state index contributed by atoms with van der Waals surface area (Å²) in [7, 11) is 0. The van der Waals surface area contributed by atoms with Gasteiger partial charge < -0.3 is 10.1 Å². The number of benzene rings is 1. The molecular weight excluding hydrogens is 292 g/mol. The van der Waals surface area contributed by atoms with E-state index in [4.69, 9.17) is 16.3 Å². The molecule has 1 aliphatic carbocycles. The minimum absolute atomic E-state index is 0.0572. The van der Waals surface area contributed by atoms with Crippen molar-refractivity contribution >= 4 is 23.0 Å². The number of anilines is 1. The molecule has 0 unspecified atom stereocenters. The predicted octanol–water partition coefficient (Wildman–Crippen LogP) is 4.32. The summed E-state index contributed by atoms with van der Waals surface area (Å²) in [4.78, 5) is 10.3. The van der Waals surface area contributed by atoms with E-state index >= 15 is 0 Å². The van der Waals surface area contributed by atoms with Crippen LogP contribution in [0.5, 0.6) is 0 Å². The highest BCUT2D eigenvalue weighted by Gasteiger charge is 2.15. The number of rotatable bonds is 6. The first-order valence-electron chi connectivity index (χ1n) is 7.38. The summed E-state index contributed by atoms with van der Waals surface area (Å²) in [5.41, 5.74) is 1.57. The zero-order chi connectivity index (χ0) is 15.2. The van der Waals surface area contributed by atoms with Crippen molar-refractivity contribution in [1.82, 2.24) is 0 Å². The van der Waals surface area contributed by atoms with Crippen molar-refractivity contribution in [2.24, 2.45) is 0 Å². The maximum absolute atomic E-state index is 10.8. The van der Waals surface area contributed by atoms with Gasteiger partial charge in [0.15, 0.2) is 0 Å². The minimum Gasteiger partial charge on any atom is -0.382 e. The maximum Gasteiger partial charge on any atom is 0.288 e. The normalized spacial score (nSPS) is 15.9. The molecule has 0 aliphatic heterocycles. The van der Waals surface area contributed by atoms with E-state index in [-0.39, 0.29) is 10.7 Å². The maximum atomic E-state index is 10.8. The van der Waals surface area contributed by atoms with Gasteiger partial charge in [0.05, 0.1) is 17.6 Å². The minimum atomic E-state index is -0.467. The summed E-state index contributed by atoms with van der Waals surface area (Å²) in [5.74, 6) is 0. The van der Waals surface area contributed by atoms with E-state index < -0.39 is 4.92 Å². The first-order valence-corrected chi connectivity index (χ1v) is 7.75. The van der Waals surface area contributed by atoms with Crippen molar-refractivity contribution in [2.75, 3.05) is 18.5 Å². The lowest BCUT2D eigenvalue weighted by atomic mass is 9.98. The fourth-order valence-electron chi connectivity index (χ4n) is 2.64. The SMILES string of the molecule is Cc1cc([N+](=O)[O-])c(Cl)cc1NCCOC1CCCCC1. The molecule has 5 nitrogen and oxygen atoms in total. The van der Waals surface area contributed by atoms with E-state index in [9.17, 15) is 10.1 Å².